The van der Waals surface area contributed by atoms with Gasteiger partial charge in [-0.15, -0.1) is 0 Å². The molecule has 5 rings (SSSR count). The Morgan fingerprint density at radius 1 is 1.03 bits per heavy atom. The Morgan fingerprint density at radius 2 is 1.92 bits per heavy atom. The molecule has 8 heteroatoms. The van der Waals surface area contributed by atoms with Crippen molar-refractivity contribution >= 4 is 22.5 Å². The zero-order valence-corrected chi connectivity index (χ0v) is 19.4. The van der Waals surface area contributed by atoms with Gasteiger partial charge in [-0.2, -0.15) is 5.26 Å². The minimum absolute atomic E-state index is 0.194. The van der Waals surface area contributed by atoms with Gasteiger partial charge in [-0.3, -0.25) is 4.79 Å². The number of pyridine rings is 1. The summed E-state index contributed by atoms with van der Waals surface area (Å²) in [5.74, 6) is -0.376. The number of rotatable bonds is 6. The van der Waals surface area contributed by atoms with Crippen LogP contribution in [0.3, 0.4) is 0 Å². The average Bonchev–Trinajstić information content (AvgIpc) is 2.92. The molecule has 2 aromatic heterocycles. The van der Waals surface area contributed by atoms with Crippen molar-refractivity contribution in [2.45, 2.75) is 0 Å². The van der Waals surface area contributed by atoms with Crippen LogP contribution >= 0.6 is 0 Å². The number of benzene rings is 3. The minimum Gasteiger partial charge on any atom is -0.439 e. The summed E-state index contributed by atoms with van der Waals surface area (Å²) in [6, 6.07) is 20.5. The number of ether oxygens (including phenoxy) is 1. The van der Waals surface area contributed by atoms with Gasteiger partial charge in [0.15, 0.2) is 0 Å². The van der Waals surface area contributed by atoms with Crippen LogP contribution in [0, 0.1) is 17.1 Å². The number of fused-ring (bicyclic) bond motifs is 1. The monoisotopic (exact) mass is 487 g/mol. The third-order valence-corrected chi connectivity index (χ3v) is 5.57. The topological polar surface area (TPSA) is 101 Å². The van der Waals surface area contributed by atoms with Gasteiger partial charge < -0.3 is 10.1 Å². The van der Waals surface area contributed by atoms with Crippen LogP contribution in [0.1, 0.15) is 5.56 Å². The first-order chi connectivity index (χ1) is 18.0. The summed E-state index contributed by atoms with van der Waals surface area (Å²) in [6.45, 7) is 3.48. The Kier molecular flexibility index (Phi) is 6.34. The number of hydrogen-bond donors (Lipinski definition) is 1. The lowest BCUT2D eigenvalue weighted by Crippen LogP contribution is -2.07. The van der Waals surface area contributed by atoms with Crippen LogP contribution in [-0.4, -0.2) is 20.9 Å². The van der Waals surface area contributed by atoms with Crippen molar-refractivity contribution in [3.05, 3.63) is 109 Å². The van der Waals surface area contributed by atoms with Crippen molar-refractivity contribution in [1.29, 1.82) is 5.26 Å². The lowest BCUT2D eigenvalue weighted by Gasteiger charge is -2.13. The quantitative estimate of drug-likeness (QED) is 0.283. The van der Waals surface area contributed by atoms with Gasteiger partial charge in [0.2, 0.25) is 11.8 Å². The third-order valence-electron chi connectivity index (χ3n) is 5.57. The van der Waals surface area contributed by atoms with E-state index in [2.05, 4.69) is 26.8 Å². The Bertz CT molecular complexity index is 1710. The van der Waals surface area contributed by atoms with Crippen LogP contribution in [0.25, 0.3) is 33.2 Å². The van der Waals surface area contributed by atoms with E-state index < -0.39 is 5.82 Å². The van der Waals surface area contributed by atoms with Crippen molar-refractivity contribution < 1.29 is 13.9 Å². The molecular formula is C29H18FN5O2. The molecule has 37 heavy (non-hydrogen) atoms. The van der Waals surface area contributed by atoms with Crippen molar-refractivity contribution in [2.75, 3.05) is 5.32 Å². The molecule has 0 aliphatic carbocycles. The predicted molar refractivity (Wildman–Crippen MR) is 138 cm³/mol. The van der Waals surface area contributed by atoms with E-state index in [0.29, 0.717) is 27.9 Å². The minimum atomic E-state index is -0.497. The first-order valence-corrected chi connectivity index (χ1v) is 11.2. The third kappa shape index (κ3) is 5.01. The zero-order chi connectivity index (χ0) is 25.8. The molecule has 0 spiro atoms. The number of halogens is 1. The highest BCUT2D eigenvalue weighted by Gasteiger charge is 2.14. The van der Waals surface area contributed by atoms with Crippen LogP contribution in [-0.2, 0) is 4.79 Å². The molecule has 0 atom stereocenters. The van der Waals surface area contributed by atoms with Crippen LogP contribution in [0.15, 0.2) is 98.1 Å². The van der Waals surface area contributed by atoms with Crippen molar-refractivity contribution in [2.24, 2.45) is 0 Å². The van der Waals surface area contributed by atoms with Gasteiger partial charge in [0.25, 0.3) is 0 Å². The first kappa shape index (κ1) is 23.3. The molecule has 7 nitrogen and oxygen atoms in total. The Labute approximate surface area is 211 Å². The van der Waals surface area contributed by atoms with E-state index in [1.165, 1.54) is 30.7 Å². The Balaban J connectivity index is 1.55. The van der Waals surface area contributed by atoms with Gasteiger partial charge in [0.1, 0.15) is 17.9 Å². The van der Waals surface area contributed by atoms with Crippen LogP contribution < -0.4 is 10.1 Å². The number of anilines is 1. The Hall–Kier alpha value is -5.42. The van der Waals surface area contributed by atoms with Crippen LogP contribution in [0.5, 0.6) is 11.6 Å². The first-order valence-electron chi connectivity index (χ1n) is 11.2. The molecule has 3 aromatic carbocycles. The van der Waals surface area contributed by atoms with Gasteiger partial charge >= 0.3 is 0 Å². The number of carbonyl (C=O) groups excluding carboxylic acids is 1. The van der Waals surface area contributed by atoms with Crippen molar-refractivity contribution in [3.63, 3.8) is 0 Å². The molecule has 0 bridgehead atoms. The number of aromatic nitrogens is 3. The van der Waals surface area contributed by atoms with E-state index in [-0.39, 0.29) is 17.5 Å². The molecule has 5 aromatic rings. The maximum absolute atomic E-state index is 15.3. The zero-order valence-electron chi connectivity index (χ0n) is 19.4. The fraction of sp³-hybridized carbons (Fsp3) is 0. The van der Waals surface area contributed by atoms with Gasteiger partial charge in [-0.05, 0) is 59.7 Å². The fourth-order valence-corrected chi connectivity index (χ4v) is 3.89. The van der Waals surface area contributed by atoms with Gasteiger partial charge in [-0.1, -0.05) is 18.7 Å². The second-order valence-corrected chi connectivity index (χ2v) is 8.00. The summed E-state index contributed by atoms with van der Waals surface area (Å²) < 4.78 is 21.0. The summed E-state index contributed by atoms with van der Waals surface area (Å²) in [6.07, 6.45) is 5.77. The maximum atomic E-state index is 15.3. The fourth-order valence-electron chi connectivity index (χ4n) is 3.89. The van der Waals surface area contributed by atoms with Crippen LogP contribution in [0.4, 0.5) is 10.1 Å². The highest BCUT2D eigenvalue weighted by molar-refractivity contribution is 6.01. The van der Waals surface area contributed by atoms with E-state index >= 15 is 4.39 Å². The summed E-state index contributed by atoms with van der Waals surface area (Å²) in [4.78, 5) is 24.4. The number of hydrogen-bond acceptors (Lipinski definition) is 6. The molecule has 1 amide bonds. The molecule has 0 saturated heterocycles. The standard InChI is InChI=1S/C29H18FN5O2/c1-2-27(36)35-22-5-3-4-19(12-22)25-13-20(11-21-16-32-17-34-29(21)25)24-7-6-23(14-26(24)30)37-28-10-18(15-31)8-9-33-28/h2-14,16-17H,1H2,(H,35,36). The largest absolute Gasteiger partial charge is 0.439 e. The van der Waals surface area contributed by atoms with Gasteiger partial charge in [0.05, 0.1) is 17.1 Å². The van der Waals surface area contributed by atoms with E-state index in [1.54, 1.807) is 30.5 Å². The van der Waals surface area contributed by atoms with E-state index in [0.717, 1.165) is 16.5 Å². The number of carbonyl (C=O) groups is 1. The molecule has 0 aliphatic rings. The predicted octanol–water partition coefficient (Wildman–Crippen LogP) is 6.29. The molecule has 0 saturated carbocycles. The lowest BCUT2D eigenvalue weighted by atomic mass is 9.95. The normalized spacial score (nSPS) is 10.5. The SMILES string of the molecule is C=CC(=O)Nc1cccc(-c2cc(-c3ccc(Oc4cc(C#N)ccn4)cc3F)cc3cncnc23)c1. The smallest absolute Gasteiger partial charge is 0.247 e. The molecule has 0 unspecified atom stereocenters. The van der Waals surface area contributed by atoms with Gasteiger partial charge in [-0.25, -0.2) is 19.3 Å². The summed E-state index contributed by atoms with van der Waals surface area (Å²) >= 11 is 0. The van der Waals surface area contributed by atoms with E-state index in [9.17, 15) is 4.79 Å². The average molecular weight is 487 g/mol. The molecular weight excluding hydrogens is 469 g/mol. The maximum Gasteiger partial charge on any atom is 0.247 e. The van der Waals surface area contributed by atoms with Gasteiger partial charge in [0, 0.05) is 46.7 Å². The summed E-state index contributed by atoms with van der Waals surface area (Å²) in [5, 5.41) is 12.5. The molecule has 178 valence electrons. The van der Waals surface area contributed by atoms with Crippen molar-refractivity contribution in [3.8, 4) is 40.0 Å². The van der Waals surface area contributed by atoms with Crippen molar-refractivity contribution in [1.82, 2.24) is 15.0 Å². The second kappa shape index (κ2) is 10.1. The van der Waals surface area contributed by atoms with E-state index in [1.807, 2.05) is 36.4 Å². The number of nitriles is 1. The molecule has 0 fully saturated rings. The summed E-state index contributed by atoms with van der Waals surface area (Å²) in [7, 11) is 0. The number of amides is 1. The molecule has 2 heterocycles. The highest BCUT2D eigenvalue weighted by atomic mass is 19.1. The summed E-state index contributed by atoms with van der Waals surface area (Å²) in [5.41, 5.74) is 4.19. The van der Waals surface area contributed by atoms with Crippen LogP contribution in [0.2, 0.25) is 0 Å². The molecule has 0 radical (unpaired) electrons. The number of nitrogens with one attached hydrogen (secondary N) is 1. The highest BCUT2D eigenvalue weighted by Crippen LogP contribution is 2.36. The second-order valence-electron chi connectivity index (χ2n) is 8.00. The molecule has 0 aliphatic heterocycles. The number of nitrogens with zero attached hydrogens (tertiary/aromatic N) is 4. The van der Waals surface area contributed by atoms with E-state index in [4.69, 9.17) is 10.00 Å². The lowest BCUT2D eigenvalue weighted by molar-refractivity contribution is -0.111. The Morgan fingerprint density at radius 3 is 2.73 bits per heavy atom. The molecule has 1 N–H and O–H groups in total.